The molecule has 0 atom stereocenters. The van der Waals surface area contributed by atoms with Gasteiger partial charge in [-0.3, -0.25) is 0 Å². The molecule has 56 heavy (non-hydrogen) atoms. The van der Waals surface area contributed by atoms with E-state index in [0.29, 0.717) is 0 Å². The highest BCUT2D eigenvalue weighted by Crippen LogP contribution is 2.52. The molecule has 0 aromatic heterocycles. The molecule has 6 heteroatoms. The lowest BCUT2D eigenvalue weighted by Crippen LogP contribution is -2.58. The van der Waals surface area contributed by atoms with Gasteiger partial charge in [0, 0.05) is 28.4 Å². The minimum absolute atomic E-state index is 0.0533. The SMILES string of the molecule is Cc1cc(N2c3ccccc3Oc3ccccc32)cc(C)c1B1c2ccccc2N(c2ccc(N3c4ccccc4Oc4ccccc43)cc2)c2ccccc21. The number of aryl methyl sites for hydroxylation is 2. The van der Waals surface area contributed by atoms with Crippen molar-refractivity contribution in [3.63, 3.8) is 0 Å². The lowest BCUT2D eigenvalue weighted by atomic mass is 9.34. The summed E-state index contributed by atoms with van der Waals surface area (Å²) in [7, 11) is 0. The Morgan fingerprint density at radius 1 is 0.339 bits per heavy atom. The molecule has 5 nitrogen and oxygen atoms in total. The third kappa shape index (κ3) is 4.96. The van der Waals surface area contributed by atoms with Crippen LogP contribution < -0.4 is 40.6 Å². The van der Waals surface area contributed by atoms with Crippen LogP contribution in [0.15, 0.2) is 182 Å². The lowest BCUT2D eigenvalue weighted by Gasteiger charge is -2.38. The standard InChI is InChI=1S/C50H36BN3O2/c1-33-31-37(54-44-21-9-13-25-48(44)56-49-26-14-10-22-45(49)54)32-34(2)50(33)51-38-15-3-5-17-40(38)52(41-18-6-4-16-39(41)51)35-27-29-36(30-28-35)53-42-19-7-11-23-46(42)55-47-24-12-8-20-43(47)53/h3-32H,1-2H3. The summed E-state index contributed by atoms with van der Waals surface area (Å²) in [5.41, 5.74) is 16.2. The molecule has 266 valence electrons. The van der Waals surface area contributed by atoms with E-state index < -0.39 is 0 Å². The van der Waals surface area contributed by atoms with E-state index in [1.165, 1.54) is 38.9 Å². The Labute approximate surface area is 327 Å². The van der Waals surface area contributed by atoms with Gasteiger partial charge in [-0.1, -0.05) is 102 Å². The van der Waals surface area contributed by atoms with Crippen LogP contribution in [-0.2, 0) is 0 Å². The Bertz CT molecular complexity index is 2670. The molecule has 0 saturated carbocycles. The number of benzene rings is 8. The van der Waals surface area contributed by atoms with E-state index in [2.05, 4.69) is 162 Å². The Morgan fingerprint density at radius 2 is 0.643 bits per heavy atom. The van der Waals surface area contributed by atoms with E-state index in [4.69, 9.17) is 9.47 Å². The molecule has 0 bridgehead atoms. The average molecular weight is 722 g/mol. The number of anilines is 9. The van der Waals surface area contributed by atoms with Crippen molar-refractivity contribution in [2.24, 2.45) is 0 Å². The first-order chi connectivity index (χ1) is 27.6. The minimum atomic E-state index is 0.0533. The van der Waals surface area contributed by atoms with E-state index in [0.717, 1.165) is 62.8 Å². The van der Waals surface area contributed by atoms with Crippen LogP contribution in [0, 0.1) is 13.8 Å². The van der Waals surface area contributed by atoms with Gasteiger partial charge in [-0.25, -0.2) is 0 Å². The summed E-state index contributed by atoms with van der Waals surface area (Å²) < 4.78 is 12.6. The zero-order valence-corrected chi connectivity index (χ0v) is 31.1. The number of hydrogen-bond donors (Lipinski definition) is 0. The normalized spacial score (nSPS) is 13.3. The molecular formula is C50H36BN3O2. The van der Waals surface area contributed by atoms with Gasteiger partial charge < -0.3 is 24.2 Å². The lowest BCUT2D eigenvalue weighted by molar-refractivity contribution is 0.477. The Hall–Kier alpha value is -7.18. The van der Waals surface area contributed by atoms with E-state index in [9.17, 15) is 0 Å². The van der Waals surface area contributed by atoms with Crippen LogP contribution in [0.2, 0.25) is 0 Å². The van der Waals surface area contributed by atoms with Crippen molar-refractivity contribution in [1.82, 2.24) is 0 Å². The van der Waals surface area contributed by atoms with Gasteiger partial charge in [0.1, 0.15) is 0 Å². The fourth-order valence-corrected chi connectivity index (χ4v) is 9.01. The first-order valence-corrected chi connectivity index (χ1v) is 19.1. The van der Waals surface area contributed by atoms with Gasteiger partial charge in [-0.2, -0.15) is 0 Å². The van der Waals surface area contributed by atoms with Crippen LogP contribution in [-0.4, -0.2) is 6.71 Å². The first kappa shape index (κ1) is 32.3. The second kappa shape index (κ2) is 12.7. The zero-order chi connectivity index (χ0) is 37.3. The number of nitrogens with zero attached hydrogens (tertiary/aromatic N) is 3. The zero-order valence-electron chi connectivity index (χ0n) is 31.1. The quantitative estimate of drug-likeness (QED) is 0.169. The molecule has 0 spiro atoms. The van der Waals surface area contributed by atoms with Crippen molar-refractivity contribution in [3.8, 4) is 23.0 Å². The molecule has 3 aliphatic heterocycles. The maximum Gasteiger partial charge on any atom is 0.247 e. The predicted octanol–water partition coefficient (Wildman–Crippen LogP) is 11.8. The Balaban J connectivity index is 1.01. The van der Waals surface area contributed by atoms with Crippen molar-refractivity contribution in [3.05, 3.63) is 193 Å². The Kier molecular flexibility index (Phi) is 7.33. The number of hydrogen-bond acceptors (Lipinski definition) is 5. The molecule has 3 aliphatic rings. The largest absolute Gasteiger partial charge is 0.453 e. The fraction of sp³-hybridized carbons (Fsp3) is 0.0400. The van der Waals surface area contributed by atoms with Gasteiger partial charge >= 0.3 is 0 Å². The third-order valence-electron chi connectivity index (χ3n) is 11.3. The number of fused-ring (bicyclic) bond motifs is 6. The number of para-hydroxylation sites is 10. The molecule has 8 aromatic carbocycles. The average Bonchev–Trinajstić information content (AvgIpc) is 3.24. The second-order valence-corrected chi connectivity index (χ2v) is 14.6. The molecule has 0 amide bonds. The van der Waals surface area contributed by atoms with Crippen molar-refractivity contribution in [2.45, 2.75) is 13.8 Å². The smallest absolute Gasteiger partial charge is 0.247 e. The summed E-state index contributed by atoms with van der Waals surface area (Å²) in [6.07, 6.45) is 0. The number of ether oxygens (including phenoxy) is 2. The van der Waals surface area contributed by atoms with Crippen LogP contribution in [0.25, 0.3) is 0 Å². The summed E-state index contributed by atoms with van der Waals surface area (Å²) >= 11 is 0. The van der Waals surface area contributed by atoms with Crippen LogP contribution in [0.4, 0.5) is 51.2 Å². The molecule has 3 heterocycles. The van der Waals surface area contributed by atoms with E-state index in [1.807, 2.05) is 48.5 Å². The molecule has 0 unspecified atom stereocenters. The van der Waals surface area contributed by atoms with Crippen LogP contribution >= 0.6 is 0 Å². The Morgan fingerprint density at radius 3 is 1.04 bits per heavy atom. The summed E-state index contributed by atoms with van der Waals surface area (Å²) in [5, 5.41) is 0. The summed E-state index contributed by atoms with van der Waals surface area (Å²) in [6.45, 7) is 4.59. The highest BCUT2D eigenvalue weighted by atomic mass is 16.5. The molecule has 11 rings (SSSR count). The van der Waals surface area contributed by atoms with Gasteiger partial charge in [0.2, 0.25) is 6.71 Å². The third-order valence-corrected chi connectivity index (χ3v) is 11.3. The highest BCUT2D eigenvalue weighted by molar-refractivity contribution is 6.98. The molecule has 0 fully saturated rings. The predicted molar refractivity (Wildman–Crippen MR) is 231 cm³/mol. The maximum absolute atomic E-state index is 6.34. The van der Waals surface area contributed by atoms with Crippen LogP contribution in [0.5, 0.6) is 23.0 Å². The van der Waals surface area contributed by atoms with E-state index in [-0.39, 0.29) is 6.71 Å². The minimum Gasteiger partial charge on any atom is -0.453 e. The molecule has 0 saturated heterocycles. The molecule has 0 radical (unpaired) electrons. The van der Waals surface area contributed by atoms with Gasteiger partial charge in [0.05, 0.1) is 22.7 Å². The van der Waals surface area contributed by atoms with Crippen LogP contribution in [0.3, 0.4) is 0 Å². The van der Waals surface area contributed by atoms with Crippen molar-refractivity contribution < 1.29 is 9.47 Å². The van der Waals surface area contributed by atoms with E-state index in [1.54, 1.807) is 0 Å². The first-order valence-electron chi connectivity index (χ1n) is 19.1. The summed E-state index contributed by atoms with van der Waals surface area (Å²) in [4.78, 5) is 7.04. The molecular weight excluding hydrogens is 685 g/mol. The highest BCUT2D eigenvalue weighted by Gasteiger charge is 2.37. The maximum atomic E-state index is 6.34. The van der Waals surface area contributed by atoms with Crippen molar-refractivity contribution in [2.75, 3.05) is 14.7 Å². The van der Waals surface area contributed by atoms with Crippen molar-refractivity contribution >= 4 is 74.3 Å². The van der Waals surface area contributed by atoms with Crippen molar-refractivity contribution in [1.29, 1.82) is 0 Å². The molecule has 8 aromatic rings. The van der Waals surface area contributed by atoms with Gasteiger partial charge in [0.15, 0.2) is 23.0 Å². The molecule has 0 N–H and O–H groups in total. The molecule has 0 aliphatic carbocycles. The topological polar surface area (TPSA) is 28.2 Å². The van der Waals surface area contributed by atoms with Gasteiger partial charge in [-0.15, -0.1) is 0 Å². The van der Waals surface area contributed by atoms with E-state index >= 15 is 0 Å². The summed E-state index contributed by atoms with van der Waals surface area (Å²) in [6, 6.07) is 64.5. The van der Waals surface area contributed by atoms with Crippen LogP contribution in [0.1, 0.15) is 11.1 Å². The second-order valence-electron chi connectivity index (χ2n) is 14.6. The number of rotatable bonds is 4. The van der Waals surface area contributed by atoms with Gasteiger partial charge in [-0.05, 0) is 122 Å². The summed E-state index contributed by atoms with van der Waals surface area (Å²) in [5.74, 6) is 3.40. The van der Waals surface area contributed by atoms with Gasteiger partial charge in [0.25, 0.3) is 0 Å². The fourth-order valence-electron chi connectivity index (χ4n) is 9.01. The monoisotopic (exact) mass is 721 g/mol.